The molecule has 5 rings (SSSR count). The lowest BCUT2D eigenvalue weighted by atomic mass is 10.1. The van der Waals surface area contributed by atoms with E-state index in [-0.39, 0.29) is 6.61 Å². The molecule has 0 aliphatic carbocycles. The van der Waals surface area contributed by atoms with Crippen LogP contribution >= 0.6 is 11.6 Å². The number of nitrogens with zero attached hydrogens (tertiary/aromatic N) is 6. The van der Waals surface area contributed by atoms with Gasteiger partial charge in [0.05, 0.1) is 17.3 Å². The van der Waals surface area contributed by atoms with E-state index in [4.69, 9.17) is 16.3 Å². The van der Waals surface area contributed by atoms with Gasteiger partial charge in [-0.1, -0.05) is 36.7 Å². The van der Waals surface area contributed by atoms with Crippen LogP contribution in [0.1, 0.15) is 18.3 Å². The third kappa shape index (κ3) is 3.19. The van der Waals surface area contributed by atoms with Crippen LogP contribution in [0.5, 0.6) is 5.75 Å². The van der Waals surface area contributed by atoms with Gasteiger partial charge >= 0.3 is 0 Å². The fourth-order valence-corrected chi connectivity index (χ4v) is 3.42. The summed E-state index contributed by atoms with van der Waals surface area (Å²) in [6.07, 6.45) is 4.35. The van der Waals surface area contributed by atoms with Crippen LogP contribution in [0.3, 0.4) is 0 Å². The van der Waals surface area contributed by atoms with Crippen LogP contribution in [0, 0.1) is 0 Å². The van der Waals surface area contributed by atoms with E-state index in [1.54, 1.807) is 29.2 Å². The Labute approximate surface area is 171 Å². The number of hydrogen-bond acceptors (Lipinski definition) is 5. The molecule has 2 aromatic carbocycles. The molecule has 0 saturated heterocycles. The summed E-state index contributed by atoms with van der Waals surface area (Å²) >= 11 is 5.90. The largest absolute Gasteiger partial charge is 0.486 e. The van der Waals surface area contributed by atoms with Crippen LogP contribution in [-0.4, -0.2) is 29.4 Å². The molecule has 7 nitrogen and oxygen atoms in total. The van der Waals surface area contributed by atoms with Crippen molar-refractivity contribution in [1.29, 1.82) is 0 Å². The van der Waals surface area contributed by atoms with Crippen LogP contribution < -0.4 is 4.74 Å². The van der Waals surface area contributed by atoms with Crippen LogP contribution in [-0.2, 0) is 13.0 Å². The predicted octanol–water partition coefficient (Wildman–Crippen LogP) is 4.26. The summed E-state index contributed by atoms with van der Waals surface area (Å²) in [7, 11) is 0. The molecule has 0 spiro atoms. The molecule has 0 N–H and O–H groups in total. The number of ether oxygens (including phenoxy) is 1. The van der Waals surface area contributed by atoms with Crippen molar-refractivity contribution in [1.82, 2.24) is 29.4 Å². The van der Waals surface area contributed by atoms with Crippen LogP contribution in [0.2, 0.25) is 5.02 Å². The molecule has 0 unspecified atom stereocenters. The average Bonchev–Trinajstić information content (AvgIpc) is 3.37. The maximum Gasteiger partial charge on any atom is 0.189 e. The summed E-state index contributed by atoms with van der Waals surface area (Å²) in [5.74, 6) is 1.27. The molecule has 0 saturated carbocycles. The summed E-state index contributed by atoms with van der Waals surface area (Å²) in [6.45, 7) is 2.37. The summed E-state index contributed by atoms with van der Waals surface area (Å²) in [4.78, 5) is 9.20. The van der Waals surface area contributed by atoms with Crippen molar-refractivity contribution in [3.63, 3.8) is 0 Å². The molecule has 0 amide bonds. The van der Waals surface area contributed by atoms with Crippen molar-refractivity contribution >= 4 is 28.3 Å². The van der Waals surface area contributed by atoms with Gasteiger partial charge in [0.1, 0.15) is 18.7 Å². The van der Waals surface area contributed by atoms with Crippen LogP contribution in [0.4, 0.5) is 0 Å². The van der Waals surface area contributed by atoms with E-state index in [2.05, 4.69) is 33.2 Å². The van der Waals surface area contributed by atoms with E-state index in [0.29, 0.717) is 22.2 Å². The highest BCUT2D eigenvalue weighted by molar-refractivity contribution is 6.30. The molecule has 0 atom stereocenters. The number of fused-ring (bicyclic) bond motifs is 3. The topological polar surface area (TPSA) is 70.1 Å². The van der Waals surface area contributed by atoms with E-state index >= 15 is 0 Å². The van der Waals surface area contributed by atoms with Gasteiger partial charge in [0.25, 0.3) is 0 Å². The fourth-order valence-electron chi connectivity index (χ4n) is 3.30. The van der Waals surface area contributed by atoms with Gasteiger partial charge in [0, 0.05) is 5.02 Å². The number of para-hydroxylation sites is 1. The van der Waals surface area contributed by atoms with Crippen molar-refractivity contribution in [3.05, 3.63) is 77.5 Å². The highest BCUT2D eigenvalue weighted by atomic mass is 35.5. The van der Waals surface area contributed by atoms with E-state index < -0.39 is 0 Å². The highest BCUT2D eigenvalue weighted by Gasteiger charge is 2.15. The zero-order valence-electron chi connectivity index (χ0n) is 15.7. The minimum atomic E-state index is 0.248. The second-order valence-electron chi connectivity index (χ2n) is 6.56. The summed E-state index contributed by atoms with van der Waals surface area (Å²) < 4.78 is 9.26. The second-order valence-corrected chi connectivity index (χ2v) is 7.00. The first-order valence-corrected chi connectivity index (χ1v) is 9.65. The van der Waals surface area contributed by atoms with Gasteiger partial charge in [-0.15, -0.1) is 5.10 Å². The zero-order valence-corrected chi connectivity index (χ0v) is 16.4. The standard InChI is InChI=1S/C21H17ClN6O/c1-2-14-5-3-4-6-18(14)28-20-17(11-24-28)21-25-19(26-27(21)13-23-20)12-29-16-9-7-15(22)8-10-16/h3-11,13H,2,12H2,1H3. The van der Waals surface area contributed by atoms with Crippen molar-refractivity contribution in [2.75, 3.05) is 0 Å². The smallest absolute Gasteiger partial charge is 0.189 e. The van der Waals surface area contributed by atoms with Gasteiger partial charge in [-0.3, -0.25) is 0 Å². The molecule has 29 heavy (non-hydrogen) atoms. The molecule has 144 valence electrons. The molecule has 0 fully saturated rings. The molecular weight excluding hydrogens is 388 g/mol. The Balaban J connectivity index is 1.51. The second kappa shape index (κ2) is 7.18. The number of aromatic nitrogens is 6. The summed E-state index contributed by atoms with van der Waals surface area (Å²) in [5.41, 5.74) is 3.67. The quantitative estimate of drug-likeness (QED) is 0.437. The molecule has 3 aromatic heterocycles. The van der Waals surface area contributed by atoms with Gasteiger partial charge in [0.2, 0.25) is 0 Å². The van der Waals surface area contributed by atoms with E-state index in [0.717, 1.165) is 23.1 Å². The van der Waals surface area contributed by atoms with Crippen molar-refractivity contribution in [2.45, 2.75) is 20.0 Å². The Kier molecular flexibility index (Phi) is 4.37. The molecule has 0 radical (unpaired) electrons. The van der Waals surface area contributed by atoms with Gasteiger partial charge < -0.3 is 4.74 Å². The molecule has 3 heterocycles. The first-order chi connectivity index (χ1) is 14.2. The Morgan fingerprint density at radius 1 is 1.03 bits per heavy atom. The SMILES string of the molecule is CCc1ccccc1-n1ncc2c1ncn1nc(COc3ccc(Cl)cc3)nc21. The van der Waals surface area contributed by atoms with Gasteiger partial charge in [-0.05, 0) is 42.3 Å². The Morgan fingerprint density at radius 3 is 2.69 bits per heavy atom. The van der Waals surface area contributed by atoms with Gasteiger partial charge in [-0.25, -0.2) is 19.2 Å². The van der Waals surface area contributed by atoms with Crippen molar-refractivity contribution < 1.29 is 4.74 Å². The van der Waals surface area contributed by atoms with E-state index in [1.165, 1.54) is 5.56 Å². The number of benzene rings is 2. The minimum Gasteiger partial charge on any atom is -0.486 e. The van der Waals surface area contributed by atoms with E-state index in [1.807, 2.05) is 35.0 Å². The predicted molar refractivity (Wildman–Crippen MR) is 111 cm³/mol. The number of aryl methyl sites for hydroxylation is 1. The third-order valence-electron chi connectivity index (χ3n) is 4.73. The van der Waals surface area contributed by atoms with Crippen LogP contribution in [0.15, 0.2) is 61.1 Å². The minimum absolute atomic E-state index is 0.248. The molecule has 8 heteroatoms. The number of rotatable bonds is 5. The summed E-state index contributed by atoms with van der Waals surface area (Å²) in [5, 5.41) is 10.5. The monoisotopic (exact) mass is 404 g/mol. The lowest BCUT2D eigenvalue weighted by Crippen LogP contribution is -2.02. The first-order valence-electron chi connectivity index (χ1n) is 9.27. The van der Waals surface area contributed by atoms with Crippen molar-refractivity contribution in [2.24, 2.45) is 0 Å². The van der Waals surface area contributed by atoms with Crippen molar-refractivity contribution in [3.8, 4) is 11.4 Å². The number of hydrogen-bond donors (Lipinski definition) is 0. The lowest BCUT2D eigenvalue weighted by Gasteiger charge is -2.08. The van der Waals surface area contributed by atoms with Crippen LogP contribution in [0.25, 0.3) is 22.4 Å². The Hall–Kier alpha value is -3.45. The molecule has 0 bridgehead atoms. The normalized spacial score (nSPS) is 11.4. The summed E-state index contributed by atoms with van der Waals surface area (Å²) in [6, 6.07) is 15.4. The maximum atomic E-state index is 5.90. The third-order valence-corrected chi connectivity index (χ3v) is 4.98. The Bertz CT molecular complexity index is 1310. The van der Waals surface area contributed by atoms with Gasteiger partial charge in [0.15, 0.2) is 17.1 Å². The fraction of sp³-hybridized carbons (Fsp3) is 0.143. The van der Waals surface area contributed by atoms with Gasteiger partial charge in [-0.2, -0.15) is 5.10 Å². The van der Waals surface area contributed by atoms with E-state index in [9.17, 15) is 0 Å². The molecule has 0 aliphatic rings. The number of halogens is 1. The molecule has 0 aliphatic heterocycles. The first kappa shape index (κ1) is 17.6. The average molecular weight is 405 g/mol. The molecular formula is C21H17ClN6O. The Morgan fingerprint density at radius 2 is 1.86 bits per heavy atom. The molecule has 5 aromatic rings. The highest BCUT2D eigenvalue weighted by Crippen LogP contribution is 2.23. The lowest BCUT2D eigenvalue weighted by molar-refractivity contribution is 0.296. The zero-order chi connectivity index (χ0) is 19.8. The maximum absolute atomic E-state index is 5.90.